The van der Waals surface area contributed by atoms with Gasteiger partial charge in [-0.25, -0.2) is 17.9 Å². The van der Waals surface area contributed by atoms with Crippen LogP contribution in [0.25, 0.3) is 0 Å². The van der Waals surface area contributed by atoms with Crippen LogP contribution < -0.4 is 10.0 Å². The number of nitrogens with one attached hydrogen (secondary N) is 2. The first-order valence-corrected chi connectivity index (χ1v) is 9.74. The first-order chi connectivity index (χ1) is 11.5. The maximum absolute atomic E-state index is 12.2. The van der Waals surface area contributed by atoms with E-state index in [2.05, 4.69) is 10.0 Å². The van der Waals surface area contributed by atoms with Gasteiger partial charge in [0.1, 0.15) is 0 Å². The van der Waals surface area contributed by atoms with Crippen LogP contribution in [0.4, 0.5) is 10.5 Å². The number of sulfonamides is 1. The second-order valence-corrected chi connectivity index (χ2v) is 7.36. The normalized spacial score (nSPS) is 14.8. The molecule has 7 nitrogen and oxygen atoms in total. The Morgan fingerprint density at radius 1 is 1.21 bits per heavy atom. The molecule has 24 heavy (non-hydrogen) atoms. The van der Waals surface area contributed by atoms with Gasteiger partial charge in [0.2, 0.25) is 10.0 Å². The Balaban J connectivity index is 1.86. The van der Waals surface area contributed by atoms with E-state index in [9.17, 15) is 13.2 Å². The molecule has 1 saturated heterocycles. The zero-order valence-corrected chi connectivity index (χ0v) is 14.8. The number of carbonyl (C=O) groups is 1. The van der Waals surface area contributed by atoms with E-state index < -0.39 is 10.0 Å². The Morgan fingerprint density at radius 3 is 2.50 bits per heavy atom. The van der Waals surface area contributed by atoms with Gasteiger partial charge in [0.25, 0.3) is 0 Å². The number of ether oxygens (including phenoxy) is 1. The summed E-state index contributed by atoms with van der Waals surface area (Å²) in [6.07, 6.45) is 2.68. The monoisotopic (exact) mass is 355 g/mol. The van der Waals surface area contributed by atoms with E-state index in [0.29, 0.717) is 31.9 Å². The van der Waals surface area contributed by atoms with Crippen molar-refractivity contribution >= 4 is 21.7 Å². The van der Waals surface area contributed by atoms with Crippen LogP contribution in [0.1, 0.15) is 26.2 Å². The number of benzene rings is 1. The summed E-state index contributed by atoms with van der Waals surface area (Å²) < 4.78 is 32.0. The average Bonchev–Trinajstić information content (AvgIpc) is 3.10. The molecular formula is C16H25N3O4S. The highest BCUT2D eigenvalue weighted by Crippen LogP contribution is 2.16. The molecule has 0 aliphatic carbocycles. The van der Waals surface area contributed by atoms with Crippen LogP contribution in [0.15, 0.2) is 29.2 Å². The standard InChI is InChI=1S/C16H25N3O4S/c1-2-23-13-5-10-17-24(21,22)15-8-6-14(7-9-15)18-16(20)19-11-3-4-12-19/h6-9,17H,2-5,10-13H2,1H3,(H,18,20). The Kier molecular flexibility index (Phi) is 7.01. The minimum Gasteiger partial charge on any atom is -0.382 e. The SMILES string of the molecule is CCOCCCNS(=O)(=O)c1ccc(NC(=O)N2CCCC2)cc1. The Morgan fingerprint density at radius 2 is 1.88 bits per heavy atom. The fraction of sp³-hybridized carbons (Fsp3) is 0.562. The molecule has 1 fully saturated rings. The molecule has 8 heteroatoms. The van der Waals surface area contributed by atoms with Gasteiger partial charge in [-0.3, -0.25) is 0 Å². The predicted molar refractivity (Wildman–Crippen MR) is 92.6 cm³/mol. The van der Waals surface area contributed by atoms with Crippen molar-refractivity contribution < 1.29 is 17.9 Å². The van der Waals surface area contributed by atoms with Gasteiger partial charge in [-0.2, -0.15) is 0 Å². The fourth-order valence-electron chi connectivity index (χ4n) is 2.45. The summed E-state index contributed by atoms with van der Waals surface area (Å²) >= 11 is 0. The van der Waals surface area contributed by atoms with Crippen molar-refractivity contribution in [2.45, 2.75) is 31.1 Å². The highest BCUT2D eigenvalue weighted by molar-refractivity contribution is 7.89. The van der Waals surface area contributed by atoms with Crippen molar-refractivity contribution in [3.63, 3.8) is 0 Å². The summed E-state index contributed by atoms with van der Waals surface area (Å²) in [6.45, 7) is 4.91. The summed E-state index contributed by atoms with van der Waals surface area (Å²) in [7, 11) is -3.54. The number of rotatable bonds is 8. The van der Waals surface area contributed by atoms with Crippen LogP contribution in [0, 0.1) is 0 Å². The lowest BCUT2D eigenvalue weighted by molar-refractivity contribution is 0.146. The number of amides is 2. The number of hydrogen-bond donors (Lipinski definition) is 2. The molecule has 2 amide bonds. The van der Waals surface area contributed by atoms with Gasteiger partial charge < -0.3 is 15.0 Å². The van der Waals surface area contributed by atoms with Crippen LogP contribution >= 0.6 is 0 Å². The highest BCUT2D eigenvalue weighted by atomic mass is 32.2. The topological polar surface area (TPSA) is 87.7 Å². The summed E-state index contributed by atoms with van der Waals surface area (Å²) in [5.41, 5.74) is 0.585. The number of hydrogen-bond acceptors (Lipinski definition) is 4. The molecule has 2 rings (SSSR count). The molecule has 2 N–H and O–H groups in total. The van der Waals surface area contributed by atoms with Crippen LogP contribution in [0.3, 0.4) is 0 Å². The van der Waals surface area contributed by atoms with E-state index in [-0.39, 0.29) is 10.9 Å². The molecule has 1 aliphatic rings. The first kappa shape index (κ1) is 18.7. The highest BCUT2D eigenvalue weighted by Gasteiger charge is 2.18. The van der Waals surface area contributed by atoms with Crippen LogP contribution in [0.5, 0.6) is 0 Å². The molecule has 0 bridgehead atoms. The number of anilines is 1. The molecule has 0 atom stereocenters. The average molecular weight is 355 g/mol. The van der Waals surface area contributed by atoms with Crippen molar-refractivity contribution in [3.8, 4) is 0 Å². The van der Waals surface area contributed by atoms with Gasteiger partial charge in [-0.15, -0.1) is 0 Å². The number of likely N-dealkylation sites (tertiary alicyclic amines) is 1. The molecule has 1 heterocycles. The van der Waals surface area contributed by atoms with Gasteiger partial charge in [0, 0.05) is 38.5 Å². The van der Waals surface area contributed by atoms with Gasteiger partial charge in [-0.1, -0.05) is 0 Å². The third kappa shape index (κ3) is 5.47. The lowest BCUT2D eigenvalue weighted by Crippen LogP contribution is -2.32. The van der Waals surface area contributed by atoms with Crippen molar-refractivity contribution in [1.82, 2.24) is 9.62 Å². The minimum atomic E-state index is -3.54. The Bertz CT molecular complexity index is 625. The van der Waals surface area contributed by atoms with Gasteiger partial charge >= 0.3 is 6.03 Å². The third-order valence-corrected chi connectivity index (χ3v) is 5.25. The number of nitrogens with zero attached hydrogens (tertiary/aromatic N) is 1. The molecule has 0 unspecified atom stereocenters. The Hall–Kier alpha value is -1.64. The number of urea groups is 1. The molecule has 0 radical (unpaired) electrons. The smallest absolute Gasteiger partial charge is 0.321 e. The van der Waals surface area contributed by atoms with Gasteiger partial charge in [0.05, 0.1) is 4.90 Å². The zero-order chi connectivity index (χ0) is 17.4. The molecule has 1 aliphatic heterocycles. The predicted octanol–water partition coefficient (Wildman–Crippen LogP) is 2.02. The summed E-state index contributed by atoms with van der Waals surface area (Å²) in [5.74, 6) is 0. The molecule has 0 aromatic heterocycles. The molecule has 0 spiro atoms. The van der Waals surface area contributed by atoms with Crippen LogP contribution in [-0.2, 0) is 14.8 Å². The van der Waals surface area contributed by atoms with Crippen molar-refractivity contribution in [2.24, 2.45) is 0 Å². The van der Waals surface area contributed by atoms with E-state index >= 15 is 0 Å². The molecule has 1 aromatic rings. The van der Waals surface area contributed by atoms with E-state index in [4.69, 9.17) is 4.74 Å². The lowest BCUT2D eigenvalue weighted by atomic mass is 10.3. The summed E-state index contributed by atoms with van der Waals surface area (Å²) in [5, 5.41) is 2.78. The first-order valence-electron chi connectivity index (χ1n) is 8.26. The second-order valence-electron chi connectivity index (χ2n) is 5.60. The van der Waals surface area contributed by atoms with Crippen LogP contribution in [0.2, 0.25) is 0 Å². The molecular weight excluding hydrogens is 330 g/mol. The molecule has 1 aromatic carbocycles. The minimum absolute atomic E-state index is 0.142. The maximum atomic E-state index is 12.2. The van der Waals surface area contributed by atoms with Gasteiger partial charge in [-0.05, 0) is 50.5 Å². The molecule has 0 saturated carbocycles. The number of carbonyl (C=O) groups excluding carboxylic acids is 1. The van der Waals surface area contributed by atoms with E-state index in [1.54, 1.807) is 17.0 Å². The Labute approximate surface area is 143 Å². The third-order valence-electron chi connectivity index (χ3n) is 3.77. The summed E-state index contributed by atoms with van der Waals surface area (Å²) in [4.78, 5) is 13.9. The van der Waals surface area contributed by atoms with E-state index in [1.807, 2.05) is 6.92 Å². The van der Waals surface area contributed by atoms with E-state index in [0.717, 1.165) is 25.9 Å². The van der Waals surface area contributed by atoms with Crippen molar-refractivity contribution in [3.05, 3.63) is 24.3 Å². The molecule has 134 valence electrons. The maximum Gasteiger partial charge on any atom is 0.321 e. The zero-order valence-electron chi connectivity index (χ0n) is 14.0. The van der Waals surface area contributed by atoms with Crippen molar-refractivity contribution in [2.75, 3.05) is 38.2 Å². The quantitative estimate of drug-likeness (QED) is 0.699. The fourth-order valence-corrected chi connectivity index (χ4v) is 3.52. The lowest BCUT2D eigenvalue weighted by Gasteiger charge is -2.16. The second kappa shape index (κ2) is 9.00. The summed E-state index contributed by atoms with van der Waals surface area (Å²) in [6, 6.07) is 6.04. The van der Waals surface area contributed by atoms with Crippen molar-refractivity contribution in [1.29, 1.82) is 0 Å². The van der Waals surface area contributed by atoms with E-state index in [1.165, 1.54) is 12.1 Å². The largest absolute Gasteiger partial charge is 0.382 e. The van der Waals surface area contributed by atoms with Gasteiger partial charge in [0.15, 0.2) is 0 Å². The van der Waals surface area contributed by atoms with Crippen LogP contribution in [-0.4, -0.2) is 52.2 Å².